The summed E-state index contributed by atoms with van der Waals surface area (Å²) in [6.45, 7) is 0.749. The Balaban J connectivity index is 0.00000180. The first kappa shape index (κ1) is 15.6. The zero-order valence-electron chi connectivity index (χ0n) is 10.8. The van der Waals surface area contributed by atoms with E-state index in [-0.39, 0.29) is 24.4 Å². The van der Waals surface area contributed by atoms with E-state index in [0.717, 1.165) is 19.4 Å². The fraction of sp³-hybridized carbons (Fsp3) is 0.462. The van der Waals surface area contributed by atoms with Crippen LogP contribution in [0.25, 0.3) is 0 Å². The summed E-state index contributed by atoms with van der Waals surface area (Å²) >= 11 is 0. The summed E-state index contributed by atoms with van der Waals surface area (Å²) in [5.41, 5.74) is 6.90. The Labute approximate surface area is 118 Å². The van der Waals surface area contributed by atoms with Crippen molar-refractivity contribution in [3.63, 3.8) is 0 Å². The highest BCUT2D eigenvalue weighted by Crippen LogP contribution is 2.25. The monoisotopic (exact) mass is 286 g/mol. The lowest BCUT2D eigenvalue weighted by molar-refractivity contribution is -0.118. The van der Waals surface area contributed by atoms with Crippen LogP contribution >= 0.6 is 12.4 Å². The number of amides is 1. The molecule has 1 unspecified atom stereocenters. The van der Waals surface area contributed by atoms with Crippen LogP contribution in [-0.2, 0) is 9.53 Å². The van der Waals surface area contributed by atoms with Crippen molar-refractivity contribution < 1.29 is 14.3 Å². The second-order valence-corrected chi connectivity index (χ2v) is 4.34. The predicted molar refractivity (Wildman–Crippen MR) is 76.9 cm³/mol. The van der Waals surface area contributed by atoms with Crippen molar-refractivity contribution in [2.75, 3.05) is 24.8 Å². The summed E-state index contributed by atoms with van der Waals surface area (Å²) in [6.07, 6.45) is 2.38. The molecule has 0 spiro atoms. The maximum atomic E-state index is 11.8. The minimum atomic E-state index is -0.0816. The molecule has 1 aliphatic rings. The highest BCUT2D eigenvalue weighted by atomic mass is 35.5. The van der Waals surface area contributed by atoms with E-state index >= 15 is 0 Å². The Hall–Kier alpha value is -1.46. The van der Waals surface area contributed by atoms with Gasteiger partial charge in [-0.25, -0.2) is 0 Å². The molecule has 3 N–H and O–H groups in total. The van der Waals surface area contributed by atoms with Crippen molar-refractivity contribution in [2.24, 2.45) is 0 Å². The van der Waals surface area contributed by atoms with Gasteiger partial charge in [0, 0.05) is 12.7 Å². The van der Waals surface area contributed by atoms with Gasteiger partial charge in [0.1, 0.15) is 5.75 Å². The van der Waals surface area contributed by atoms with Crippen LogP contribution in [0.5, 0.6) is 5.75 Å². The summed E-state index contributed by atoms with van der Waals surface area (Å²) in [5.74, 6) is 0.582. The van der Waals surface area contributed by atoms with Crippen LogP contribution in [0.4, 0.5) is 11.4 Å². The summed E-state index contributed by atoms with van der Waals surface area (Å²) in [7, 11) is 1.57. The van der Waals surface area contributed by atoms with Crippen molar-refractivity contribution >= 4 is 29.7 Å². The van der Waals surface area contributed by atoms with Gasteiger partial charge in [-0.2, -0.15) is 0 Å². The molecule has 1 heterocycles. The first-order valence-electron chi connectivity index (χ1n) is 6.04. The number of carbonyl (C=O) groups is 1. The van der Waals surface area contributed by atoms with Gasteiger partial charge >= 0.3 is 0 Å². The van der Waals surface area contributed by atoms with Crippen molar-refractivity contribution in [3.05, 3.63) is 18.2 Å². The molecule has 0 bridgehead atoms. The molecule has 2 rings (SSSR count). The second-order valence-electron chi connectivity index (χ2n) is 4.34. The van der Waals surface area contributed by atoms with Crippen LogP contribution in [0.3, 0.4) is 0 Å². The number of halogens is 1. The summed E-state index contributed by atoms with van der Waals surface area (Å²) in [4.78, 5) is 11.8. The van der Waals surface area contributed by atoms with Gasteiger partial charge in [0.2, 0.25) is 5.91 Å². The molecule has 1 amide bonds. The molecule has 1 aromatic rings. The van der Waals surface area contributed by atoms with Crippen molar-refractivity contribution in [1.82, 2.24) is 0 Å². The average Bonchev–Trinajstić information content (AvgIpc) is 2.84. The zero-order valence-corrected chi connectivity index (χ0v) is 11.7. The fourth-order valence-electron chi connectivity index (χ4n) is 1.98. The molecule has 6 heteroatoms. The Kier molecular flexibility index (Phi) is 5.92. The topological polar surface area (TPSA) is 73.6 Å². The van der Waals surface area contributed by atoms with Crippen LogP contribution in [-0.4, -0.2) is 25.7 Å². The van der Waals surface area contributed by atoms with E-state index < -0.39 is 0 Å². The van der Waals surface area contributed by atoms with Crippen molar-refractivity contribution in [1.29, 1.82) is 0 Å². The Bertz CT molecular complexity index is 434. The van der Waals surface area contributed by atoms with E-state index in [4.69, 9.17) is 15.2 Å². The first-order valence-corrected chi connectivity index (χ1v) is 6.04. The lowest BCUT2D eigenvalue weighted by atomic mass is 10.1. The smallest absolute Gasteiger partial charge is 0.227 e. The van der Waals surface area contributed by atoms with Gasteiger partial charge in [-0.05, 0) is 25.0 Å². The molecule has 0 aliphatic carbocycles. The molecule has 0 aromatic heterocycles. The maximum Gasteiger partial charge on any atom is 0.227 e. The Morgan fingerprint density at radius 2 is 2.37 bits per heavy atom. The third-order valence-electron chi connectivity index (χ3n) is 2.97. The largest absolute Gasteiger partial charge is 0.497 e. The standard InChI is InChI=1S/C13H18N2O3.ClH/c1-17-9-4-5-11(14)12(7-9)15-13(16)8-10-3-2-6-18-10;/h4-5,7,10H,2-3,6,8,14H2,1H3,(H,15,16);1H. The number of nitrogens with two attached hydrogens (primary N) is 1. The maximum absolute atomic E-state index is 11.8. The number of nitrogens with one attached hydrogen (secondary N) is 1. The molecule has 1 aromatic carbocycles. The first-order chi connectivity index (χ1) is 8.69. The highest BCUT2D eigenvalue weighted by molar-refractivity contribution is 5.94. The van der Waals surface area contributed by atoms with E-state index in [1.165, 1.54) is 0 Å². The lowest BCUT2D eigenvalue weighted by Crippen LogP contribution is -2.19. The van der Waals surface area contributed by atoms with E-state index in [1.807, 2.05) is 0 Å². The average molecular weight is 287 g/mol. The molecule has 1 saturated heterocycles. The predicted octanol–water partition coefficient (Wildman–Crippen LogP) is 2.21. The third-order valence-corrected chi connectivity index (χ3v) is 2.97. The second kappa shape index (κ2) is 7.21. The molecule has 19 heavy (non-hydrogen) atoms. The number of rotatable bonds is 4. The number of anilines is 2. The number of hydrogen-bond donors (Lipinski definition) is 2. The SMILES string of the molecule is COc1ccc(N)c(NC(=O)CC2CCCO2)c1.Cl. The minimum absolute atomic E-state index is 0. The Morgan fingerprint density at radius 3 is 3.00 bits per heavy atom. The third kappa shape index (κ3) is 4.29. The van der Waals surface area contributed by atoms with Gasteiger partial charge in [-0.15, -0.1) is 12.4 Å². The van der Waals surface area contributed by atoms with Gasteiger partial charge < -0.3 is 20.5 Å². The van der Waals surface area contributed by atoms with E-state index in [1.54, 1.807) is 25.3 Å². The molecule has 1 fully saturated rings. The molecule has 5 nitrogen and oxygen atoms in total. The van der Waals surface area contributed by atoms with Crippen LogP contribution in [0.15, 0.2) is 18.2 Å². The van der Waals surface area contributed by atoms with Gasteiger partial charge in [0.25, 0.3) is 0 Å². The normalized spacial score (nSPS) is 17.6. The molecular formula is C13H19ClN2O3. The van der Waals surface area contributed by atoms with Crippen LogP contribution < -0.4 is 15.8 Å². The lowest BCUT2D eigenvalue weighted by Gasteiger charge is -2.12. The minimum Gasteiger partial charge on any atom is -0.497 e. The number of methoxy groups -OCH3 is 1. The van der Waals surface area contributed by atoms with Gasteiger partial charge in [-0.3, -0.25) is 4.79 Å². The number of hydrogen-bond acceptors (Lipinski definition) is 4. The summed E-state index contributed by atoms with van der Waals surface area (Å²) in [5, 5.41) is 2.79. The Morgan fingerprint density at radius 1 is 1.58 bits per heavy atom. The van der Waals surface area contributed by atoms with Crippen LogP contribution in [0.2, 0.25) is 0 Å². The van der Waals surface area contributed by atoms with Crippen molar-refractivity contribution in [3.8, 4) is 5.75 Å². The molecule has 106 valence electrons. The van der Waals surface area contributed by atoms with Crippen molar-refractivity contribution in [2.45, 2.75) is 25.4 Å². The van der Waals surface area contributed by atoms with E-state index in [0.29, 0.717) is 23.5 Å². The van der Waals surface area contributed by atoms with Gasteiger partial charge in [-0.1, -0.05) is 0 Å². The molecule has 0 radical (unpaired) electrons. The zero-order chi connectivity index (χ0) is 13.0. The fourth-order valence-corrected chi connectivity index (χ4v) is 1.98. The molecular weight excluding hydrogens is 268 g/mol. The highest BCUT2D eigenvalue weighted by Gasteiger charge is 2.19. The number of ether oxygens (including phenoxy) is 2. The van der Waals surface area contributed by atoms with E-state index in [9.17, 15) is 4.79 Å². The summed E-state index contributed by atoms with van der Waals surface area (Å²) in [6, 6.07) is 5.17. The van der Waals surface area contributed by atoms with Gasteiger partial charge in [0.05, 0.1) is 31.0 Å². The van der Waals surface area contributed by atoms with Crippen LogP contribution in [0, 0.1) is 0 Å². The van der Waals surface area contributed by atoms with Gasteiger partial charge in [0.15, 0.2) is 0 Å². The summed E-state index contributed by atoms with van der Waals surface area (Å²) < 4.78 is 10.5. The van der Waals surface area contributed by atoms with E-state index in [2.05, 4.69) is 5.32 Å². The number of benzene rings is 1. The molecule has 0 saturated carbocycles. The quantitative estimate of drug-likeness (QED) is 0.832. The molecule has 1 aliphatic heterocycles. The molecule has 1 atom stereocenters. The van der Waals surface area contributed by atoms with Crippen LogP contribution in [0.1, 0.15) is 19.3 Å². The number of carbonyl (C=O) groups excluding carboxylic acids is 1. The number of nitrogen functional groups attached to an aromatic ring is 1.